The summed E-state index contributed by atoms with van der Waals surface area (Å²) >= 11 is 1.68. The number of nitrogens with zero attached hydrogens (tertiary/aromatic N) is 2. The van der Waals surface area contributed by atoms with Gasteiger partial charge in [-0.2, -0.15) is 5.10 Å². The van der Waals surface area contributed by atoms with Crippen LogP contribution >= 0.6 is 11.3 Å². The number of anilines is 1. The summed E-state index contributed by atoms with van der Waals surface area (Å²) in [5.74, 6) is 1.42. The van der Waals surface area contributed by atoms with E-state index in [1.165, 1.54) is 16.0 Å². The van der Waals surface area contributed by atoms with Gasteiger partial charge in [-0.15, -0.1) is 16.4 Å². The Bertz CT molecular complexity index is 1170. The average molecular weight is 420 g/mol. The summed E-state index contributed by atoms with van der Waals surface area (Å²) in [5.41, 5.74) is 9.85. The molecule has 0 saturated heterocycles. The molecule has 30 heavy (non-hydrogen) atoms. The molecule has 4 rings (SSSR count). The van der Waals surface area contributed by atoms with Gasteiger partial charge in [-0.1, -0.05) is 24.3 Å². The molecular formula is C23H25N5OS. The fraction of sp³-hybridized carbons (Fsp3) is 0.217. The Hall–Kier alpha value is -3.00. The van der Waals surface area contributed by atoms with E-state index >= 15 is 0 Å². The minimum absolute atomic E-state index is 0.397. The lowest BCUT2D eigenvalue weighted by Gasteiger charge is -2.15. The van der Waals surface area contributed by atoms with Crippen LogP contribution in [0, 0.1) is 6.92 Å². The first-order valence-corrected chi connectivity index (χ1v) is 10.6. The molecule has 154 valence electrons. The van der Waals surface area contributed by atoms with Crippen molar-refractivity contribution in [3.63, 3.8) is 0 Å². The summed E-state index contributed by atoms with van der Waals surface area (Å²) in [5, 5.41) is 17.2. The van der Waals surface area contributed by atoms with Crippen LogP contribution in [0.25, 0.3) is 21.2 Å². The predicted molar refractivity (Wildman–Crippen MR) is 124 cm³/mol. The lowest BCUT2D eigenvalue weighted by Crippen LogP contribution is -2.20. The first-order chi connectivity index (χ1) is 14.6. The minimum atomic E-state index is -0.397. The molecule has 0 fully saturated rings. The summed E-state index contributed by atoms with van der Waals surface area (Å²) in [6.07, 6.45) is -0.397. The highest BCUT2D eigenvalue weighted by Crippen LogP contribution is 2.34. The van der Waals surface area contributed by atoms with Gasteiger partial charge >= 0.3 is 0 Å². The molecule has 0 saturated carbocycles. The Morgan fingerprint density at radius 2 is 1.90 bits per heavy atom. The van der Waals surface area contributed by atoms with Crippen molar-refractivity contribution in [2.24, 2.45) is 5.73 Å². The Morgan fingerprint density at radius 3 is 2.70 bits per heavy atom. The van der Waals surface area contributed by atoms with E-state index in [1.54, 1.807) is 18.4 Å². The molecule has 0 bridgehead atoms. The third kappa shape index (κ3) is 4.00. The van der Waals surface area contributed by atoms with E-state index in [1.807, 2.05) is 32.2 Å². The van der Waals surface area contributed by atoms with Gasteiger partial charge in [0.05, 0.1) is 12.8 Å². The molecule has 6 nitrogen and oxygen atoms in total. The SMILES string of the molecule is CNCc1ccccc1-c1ccc([C@@H](N)Nc2nnc(C)c3ccc(OC)cc23)s1. The number of nitrogens with two attached hydrogens (primary N) is 1. The van der Waals surface area contributed by atoms with Gasteiger partial charge in [0.25, 0.3) is 0 Å². The number of hydrogen-bond donors (Lipinski definition) is 3. The molecule has 0 aliphatic heterocycles. The monoisotopic (exact) mass is 419 g/mol. The van der Waals surface area contributed by atoms with Crippen LogP contribution in [0.1, 0.15) is 22.3 Å². The predicted octanol–water partition coefficient (Wildman–Crippen LogP) is 4.46. The van der Waals surface area contributed by atoms with E-state index in [0.29, 0.717) is 5.82 Å². The van der Waals surface area contributed by atoms with Gasteiger partial charge in [-0.05, 0) is 55.4 Å². The number of fused-ring (bicyclic) bond motifs is 1. The maximum absolute atomic E-state index is 6.50. The highest BCUT2D eigenvalue weighted by Gasteiger charge is 2.15. The molecule has 2 heterocycles. The Balaban J connectivity index is 1.63. The highest BCUT2D eigenvalue weighted by molar-refractivity contribution is 7.15. The highest BCUT2D eigenvalue weighted by atomic mass is 32.1. The van der Waals surface area contributed by atoms with Crippen LogP contribution in [0.2, 0.25) is 0 Å². The minimum Gasteiger partial charge on any atom is -0.497 e. The van der Waals surface area contributed by atoms with Gasteiger partial charge in [0.1, 0.15) is 11.9 Å². The van der Waals surface area contributed by atoms with Crippen molar-refractivity contribution in [3.8, 4) is 16.2 Å². The maximum Gasteiger partial charge on any atom is 0.158 e. The topological polar surface area (TPSA) is 85.1 Å². The van der Waals surface area contributed by atoms with Gasteiger partial charge in [0, 0.05) is 27.1 Å². The van der Waals surface area contributed by atoms with Crippen LogP contribution < -0.4 is 21.1 Å². The van der Waals surface area contributed by atoms with E-state index in [9.17, 15) is 0 Å². The van der Waals surface area contributed by atoms with Crippen LogP contribution in [0.3, 0.4) is 0 Å². The molecule has 0 aliphatic carbocycles. The Labute approximate surface area is 180 Å². The summed E-state index contributed by atoms with van der Waals surface area (Å²) < 4.78 is 5.38. The van der Waals surface area contributed by atoms with Crippen LogP contribution in [0.4, 0.5) is 5.82 Å². The second kappa shape index (κ2) is 8.79. The van der Waals surface area contributed by atoms with E-state index in [4.69, 9.17) is 10.5 Å². The lowest BCUT2D eigenvalue weighted by atomic mass is 10.1. The van der Waals surface area contributed by atoms with Crippen molar-refractivity contribution in [1.82, 2.24) is 15.5 Å². The van der Waals surface area contributed by atoms with Crippen LogP contribution in [-0.2, 0) is 6.54 Å². The average Bonchev–Trinajstić information content (AvgIpc) is 3.26. The molecule has 2 aromatic heterocycles. The molecule has 2 aromatic carbocycles. The Morgan fingerprint density at radius 1 is 1.07 bits per heavy atom. The van der Waals surface area contributed by atoms with Crippen LogP contribution in [0.5, 0.6) is 5.75 Å². The van der Waals surface area contributed by atoms with Gasteiger partial charge < -0.3 is 21.1 Å². The molecule has 0 unspecified atom stereocenters. The van der Waals surface area contributed by atoms with Crippen LogP contribution in [-0.4, -0.2) is 24.4 Å². The molecule has 7 heteroatoms. The summed E-state index contributed by atoms with van der Waals surface area (Å²) in [7, 11) is 3.61. The number of thiophene rings is 1. The van der Waals surface area contributed by atoms with Crippen molar-refractivity contribution in [2.45, 2.75) is 19.6 Å². The van der Waals surface area contributed by atoms with E-state index in [2.05, 4.69) is 57.2 Å². The molecular weight excluding hydrogens is 394 g/mol. The van der Waals surface area contributed by atoms with Crippen molar-refractivity contribution in [2.75, 3.05) is 19.5 Å². The van der Waals surface area contributed by atoms with Crippen molar-refractivity contribution in [1.29, 1.82) is 0 Å². The number of hydrogen-bond acceptors (Lipinski definition) is 7. The van der Waals surface area contributed by atoms with Gasteiger partial charge in [0.2, 0.25) is 0 Å². The van der Waals surface area contributed by atoms with Crippen molar-refractivity contribution < 1.29 is 4.74 Å². The fourth-order valence-electron chi connectivity index (χ4n) is 3.49. The first kappa shape index (κ1) is 20.3. The number of rotatable bonds is 7. The van der Waals surface area contributed by atoms with E-state index < -0.39 is 6.17 Å². The van der Waals surface area contributed by atoms with Gasteiger partial charge in [0.15, 0.2) is 5.82 Å². The van der Waals surface area contributed by atoms with E-state index in [0.717, 1.165) is 33.6 Å². The number of aryl methyl sites for hydroxylation is 1. The zero-order valence-electron chi connectivity index (χ0n) is 17.3. The van der Waals surface area contributed by atoms with Crippen molar-refractivity contribution in [3.05, 3.63) is 70.7 Å². The first-order valence-electron chi connectivity index (χ1n) is 9.76. The zero-order chi connectivity index (χ0) is 21.1. The number of benzene rings is 2. The number of ether oxygens (including phenoxy) is 1. The molecule has 4 N–H and O–H groups in total. The second-order valence-electron chi connectivity index (χ2n) is 7.06. The molecule has 0 spiro atoms. The van der Waals surface area contributed by atoms with Gasteiger partial charge in [-0.25, -0.2) is 0 Å². The summed E-state index contributed by atoms with van der Waals surface area (Å²) in [6, 6.07) is 18.5. The number of nitrogens with one attached hydrogen (secondary N) is 2. The molecule has 0 aliphatic rings. The van der Waals surface area contributed by atoms with E-state index in [-0.39, 0.29) is 0 Å². The summed E-state index contributed by atoms with van der Waals surface area (Å²) in [4.78, 5) is 2.22. The second-order valence-corrected chi connectivity index (χ2v) is 8.17. The summed E-state index contributed by atoms with van der Waals surface area (Å²) in [6.45, 7) is 2.76. The van der Waals surface area contributed by atoms with Gasteiger partial charge in [-0.3, -0.25) is 0 Å². The molecule has 4 aromatic rings. The standard InChI is InChI=1S/C23H25N5OS/c1-14-17-9-8-16(29-3)12-19(17)23(28-27-14)26-22(24)21-11-10-20(30-21)18-7-5-4-6-15(18)13-25-2/h4-12,22,25H,13,24H2,1-3H3,(H,26,28)/t22-/m0/s1. The van der Waals surface area contributed by atoms with Crippen LogP contribution in [0.15, 0.2) is 54.6 Å². The molecule has 0 amide bonds. The number of methoxy groups -OCH3 is 1. The molecule has 0 radical (unpaired) electrons. The molecule has 1 atom stereocenters. The fourth-order valence-corrected chi connectivity index (χ4v) is 4.51. The quantitative estimate of drug-likeness (QED) is 0.384. The Kier molecular flexibility index (Phi) is 5.94. The largest absolute Gasteiger partial charge is 0.497 e. The third-order valence-corrected chi connectivity index (χ3v) is 6.25. The zero-order valence-corrected chi connectivity index (χ0v) is 18.1. The smallest absolute Gasteiger partial charge is 0.158 e. The lowest BCUT2D eigenvalue weighted by molar-refractivity contribution is 0.415. The van der Waals surface area contributed by atoms with Crippen molar-refractivity contribution >= 4 is 27.9 Å². The number of aromatic nitrogens is 2. The third-order valence-electron chi connectivity index (χ3n) is 5.05. The normalized spacial score (nSPS) is 12.1. The maximum atomic E-state index is 6.50.